The fraction of sp³-hybridized carbons (Fsp3) is 0.625. The predicted octanol–water partition coefficient (Wildman–Crippen LogP) is -0.00680. The molecule has 1 aromatic heterocycles. The summed E-state index contributed by atoms with van der Waals surface area (Å²) in [6.45, 7) is 3.86. The first-order valence-corrected chi connectivity index (χ1v) is 3.92. The summed E-state index contributed by atoms with van der Waals surface area (Å²) < 4.78 is 1.45. The van der Waals surface area contributed by atoms with E-state index < -0.39 is 0 Å². The molecule has 0 aliphatic rings. The van der Waals surface area contributed by atoms with E-state index >= 15 is 0 Å². The quantitative estimate of drug-likeness (QED) is 0.654. The van der Waals surface area contributed by atoms with Crippen LogP contribution in [0.3, 0.4) is 0 Å². The van der Waals surface area contributed by atoms with E-state index in [9.17, 15) is 4.79 Å². The lowest BCUT2D eigenvalue weighted by Crippen LogP contribution is -2.34. The number of aromatic nitrogens is 2. The number of nitrogens with zero attached hydrogens (tertiary/aromatic N) is 1. The summed E-state index contributed by atoms with van der Waals surface area (Å²) in [4.78, 5) is 11.0. The highest BCUT2D eigenvalue weighted by atomic mass is 16.1. The van der Waals surface area contributed by atoms with Gasteiger partial charge in [-0.2, -0.15) is 0 Å². The van der Waals surface area contributed by atoms with Crippen LogP contribution in [0.15, 0.2) is 10.9 Å². The first-order chi connectivity index (χ1) is 5.38. The Morgan fingerprint density at radius 3 is 2.58 bits per heavy atom. The zero-order chi connectivity index (χ0) is 9.35. The van der Waals surface area contributed by atoms with Crippen molar-refractivity contribution in [1.82, 2.24) is 9.78 Å². The van der Waals surface area contributed by atoms with Crippen LogP contribution in [0, 0.1) is 0 Å². The molecule has 0 unspecified atom stereocenters. The molecule has 0 saturated carbocycles. The summed E-state index contributed by atoms with van der Waals surface area (Å²) in [6.07, 6.45) is 0.684. The van der Waals surface area contributed by atoms with Gasteiger partial charge in [-0.15, -0.1) is 0 Å². The third-order valence-electron chi connectivity index (χ3n) is 1.59. The number of aromatic amines is 1. The molecule has 0 radical (unpaired) electrons. The molecular weight excluding hydrogens is 154 g/mol. The van der Waals surface area contributed by atoms with Gasteiger partial charge in [0.15, 0.2) is 0 Å². The first-order valence-electron chi connectivity index (χ1n) is 3.92. The molecule has 68 valence electrons. The van der Waals surface area contributed by atoms with Crippen LogP contribution in [0.4, 0.5) is 0 Å². The topological polar surface area (TPSA) is 63.8 Å². The molecule has 0 amide bonds. The Hall–Kier alpha value is -1.03. The Morgan fingerprint density at radius 1 is 1.67 bits per heavy atom. The Labute approximate surface area is 71.4 Å². The van der Waals surface area contributed by atoms with Crippen LogP contribution < -0.4 is 11.3 Å². The van der Waals surface area contributed by atoms with Crippen LogP contribution >= 0.6 is 0 Å². The lowest BCUT2D eigenvalue weighted by atomic mass is 10.0. The van der Waals surface area contributed by atoms with Crippen molar-refractivity contribution < 1.29 is 0 Å². The number of rotatable bonds is 2. The van der Waals surface area contributed by atoms with E-state index in [4.69, 9.17) is 5.73 Å². The van der Waals surface area contributed by atoms with Gasteiger partial charge in [-0.25, -0.2) is 0 Å². The highest BCUT2D eigenvalue weighted by Crippen LogP contribution is 2.04. The van der Waals surface area contributed by atoms with Gasteiger partial charge in [0.1, 0.15) is 0 Å². The number of H-pyrrole nitrogens is 1. The van der Waals surface area contributed by atoms with Gasteiger partial charge in [-0.1, -0.05) is 0 Å². The van der Waals surface area contributed by atoms with Gasteiger partial charge in [-0.05, 0) is 13.8 Å². The molecule has 0 bridgehead atoms. The fourth-order valence-corrected chi connectivity index (χ4v) is 1.13. The zero-order valence-corrected chi connectivity index (χ0v) is 7.72. The molecular formula is C8H15N3O. The van der Waals surface area contributed by atoms with Crippen LogP contribution in [0.25, 0.3) is 0 Å². The van der Waals surface area contributed by atoms with E-state index in [2.05, 4.69) is 5.10 Å². The Balaban J connectivity index is 2.85. The molecule has 0 spiro atoms. The third kappa shape index (κ3) is 2.23. The van der Waals surface area contributed by atoms with Gasteiger partial charge in [0, 0.05) is 30.8 Å². The molecule has 1 aromatic rings. The van der Waals surface area contributed by atoms with Crippen molar-refractivity contribution in [2.24, 2.45) is 12.8 Å². The van der Waals surface area contributed by atoms with Gasteiger partial charge >= 0.3 is 0 Å². The van der Waals surface area contributed by atoms with Crippen molar-refractivity contribution in [2.75, 3.05) is 0 Å². The second-order valence-corrected chi connectivity index (χ2v) is 3.84. The lowest BCUT2D eigenvalue weighted by molar-refractivity contribution is 0.506. The molecule has 3 N–H and O–H groups in total. The molecule has 0 fully saturated rings. The molecule has 12 heavy (non-hydrogen) atoms. The maximum Gasteiger partial charge on any atom is 0.266 e. The average molecular weight is 169 g/mol. The first kappa shape index (κ1) is 9.06. The van der Waals surface area contributed by atoms with E-state index in [-0.39, 0.29) is 11.1 Å². The fourth-order valence-electron chi connectivity index (χ4n) is 1.13. The van der Waals surface area contributed by atoms with E-state index in [0.29, 0.717) is 6.42 Å². The maximum absolute atomic E-state index is 11.0. The average Bonchev–Trinajstić information content (AvgIpc) is 2.07. The summed E-state index contributed by atoms with van der Waals surface area (Å²) in [6, 6.07) is 1.58. The van der Waals surface area contributed by atoms with Crippen LogP contribution in [0.5, 0.6) is 0 Å². The van der Waals surface area contributed by atoms with Gasteiger partial charge in [0.25, 0.3) is 5.56 Å². The summed E-state index contributed by atoms with van der Waals surface area (Å²) >= 11 is 0. The van der Waals surface area contributed by atoms with Crippen LogP contribution in [0.2, 0.25) is 0 Å². The Morgan fingerprint density at radius 2 is 2.25 bits per heavy atom. The summed E-state index contributed by atoms with van der Waals surface area (Å²) in [5.74, 6) is 0. The highest BCUT2D eigenvalue weighted by Gasteiger charge is 2.13. The largest absolute Gasteiger partial charge is 0.325 e. The van der Waals surface area contributed by atoms with Crippen LogP contribution in [0.1, 0.15) is 19.5 Å². The van der Waals surface area contributed by atoms with E-state index in [1.54, 1.807) is 13.1 Å². The molecule has 0 atom stereocenters. The molecule has 0 aliphatic heterocycles. The van der Waals surface area contributed by atoms with Gasteiger partial charge in [0.2, 0.25) is 0 Å². The lowest BCUT2D eigenvalue weighted by Gasteiger charge is -2.16. The van der Waals surface area contributed by atoms with E-state index in [1.807, 2.05) is 13.8 Å². The number of aryl methyl sites for hydroxylation is 1. The monoisotopic (exact) mass is 169 g/mol. The van der Waals surface area contributed by atoms with Gasteiger partial charge in [-0.3, -0.25) is 14.6 Å². The van der Waals surface area contributed by atoms with E-state index in [0.717, 1.165) is 5.69 Å². The molecule has 0 aromatic carbocycles. The van der Waals surface area contributed by atoms with E-state index in [1.165, 1.54) is 4.68 Å². The Bertz CT molecular complexity index is 316. The summed E-state index contributed by atoms with van der Waals surface area (Å²) in [5.41, 5.74) is 6.39. The standard InChI is InChI=1S/C8H15N3O/c1-8(2,9)5-6-4-7(12)11(3)10-6/h4,10H,5,9H2,1-3H3. The van der Waals surface area contributed by atoms with Crippen molar-refractivity contribution in [3.8, 4) is 0 Å². The molecule has 0 aliphatic carbocycles. The highest BCUT2D eigenvalue weighted by molar-refractivity contribution is 5.03. The number of hydrogen-bond acceptors (Lipinski definition) is 2. The molecule has 4 nitrogen and oxygen atoms in total. The molecule has 4 heteroatoms. The minimum absolute atomic E-state index is 0.0192. The van der Waals surface area contributed by atoms with Crippen molar-refractivity contribution in [3.05, 3.63) is 22.1 Å². The zero-order valence-electron chi connectivity index (χ0n) is 7.72. The second-order valence-electron chi connectivity index (χ2n) is 3.84. The third-order valence-corrected chi connectivity index (χ3v) is 1.59. The van der Waals surface area contributed by atoms with Crippen LogP contribution in [-0.4, -0.2) is 15.3 Å². The smallest absolute Gasteiger partial charge is 0.266 e. The second kappa shape index (κ2) is 2.79. The van der Waals surface area contributed by atoms with Crippen molar-refractivity contribution in [1.29, 1.82) is 0 Å². The SMILES string of the molecule is Cn1[nH]c(CC(C)(C)N)cc1=O. The summed E-state index contributed by atoms with van der Waals surface area (Å²) in [7, 11) is 1.69. The van der Waals surface area contributed by atoms with Crippen molar-refractivity contribution in [2.45, 2.75) is 25.8 Å². The summed E-state index contributed by atoms with van der Waals surface area (Å²) in [5, 5.41) is 2.93. The van der Waals surface area contributed by atoms with Crippen molar-refractivity contribution in [3.63, 3.8) is 0 Å². The maximum atomic E-state index is 11.0. The molecule has 0 saturated heterocycles. The Kier molecular flexibility index (Phi) is 2.10. The molecule has 1 heterocycles. The predicted molar refractivity (Wildman–Crippen MR) is 48.0 cm³/mol. The van der Waals surface area contributed by atoms with Crippen LogP contribution in [-0.2, 0) is 13.5 Å². The molecule has 1 rings (SSSR count). The number of nitrogens with two attached hydrogens (primary N) is 1. The number of hydrogen-bond donors (Lipinski definition) is 2. The minimum atomic E-state index is -0.274. The van der Waals surface area contributed by atoms with Gasteiger partial charge in [0.05, 0.1) is 0 Å². The number of nitrogens with one attached hydrogen (secondary N) is 1. The minimum Gasteiger partial charge on any atom is -0.325 e. The normalized spacial score (nSPS) is 12.0. The van der Waals surface area contributed by atoms with Gasteiger partial charge < -0.3 is 5.73 Å². The van der Waals surface area contributed by atoms with Crippen molar-refractivity contribution >= 4 is 0 Å².